The number of hydrogen-bond acceptors (Lipinski definition) is 8. The number of tetrazole rings is 1. The molecule has 0 aliphatic heterocycles. The summed E-state index contributed by atoms with van der Waals surface area (Å²) in [5.74, 6) is 0.635. The lowest BCUT2D eigenvalue weighted by molar-refractivity contribution is -0.385. The van der Waals surface area contributed by atoms with Crippen LogP contribution in [0.3, 0.4) is 0 Å². The largest absolute Gasteiger partial charge is 0.316 e. The molecule has 0 saturated carbocycles. The third-order valence-electron chi connectivity index (χ3n) is 4.51. The minimum atomic E-state index is -0.830. The second-order valence-corrected chi connectivity index (χ2v) is 6.17. The monoisotopic (exact) mass is 358 g/mol. The molecule has 134 valence electrons. The van der Waals surface area contributed by atoms with Crippen LogP contribution in [0.25, 0.3) is 11.0 Å². The third kappa shape index (κ3) is 2.75. The Morgan fingerprint density at radius 2 is 2.00 bits per heavy atom. The van der Waals surface area contributed by atoms with Gasteiger partial charge in [0.1, 0.15) is 0 Å². The zero-order valence-corrected chi connectivity index (χ0v) is 13.4. The highest BCUT2D eigenvalue weighted by Gasteiger charge is 2.31. The van der Waals surface area contributed by atoms with Crippen LogP contribution in [0, 0.1) is 16.0 Å². The summed E-state index contributed by atoms with van der Waals surface area (Å²) in [7, 11) is 0. The molecular formula is C14H14N8O4. The average molecular weight is 358 g/mol. The fraction of sp³-hybridized carbons (Fsp3) is 0.357. The molecule has 26 heavy (non-hydrogen) atoms. The van der Waals surface area contributed by atoms with Gasteiger partial charge < -0.3 is 15.3 Å². The minimum absolute atomic E-state index is 0.0455. The van der Waals surface area contributed by atoms with Crippen molar-refractivity contribution in [3.8, 4) is 0 Å². The van der Waals surface area contributed by atoms with Crippen molar-refractivity contribution in [1.29, 1.82) is 0 Å². The summed E-state index contributed by atoms with van der Waals surface area (Å²) >= 11 is 0. The van der Waals surface area contributed by atoms with Gasteiger partial charge in [0, 0.05) is 11.6 Å². The maximum absolute atomic E-state index is 11.7. The molecule has 1 atom stereocenters. The van der Waals surface area contributed by atoms with E-state index >= 15 is 0 Å². The third-order valence-corrected chi connectivity index (χ3v) is 4.51. The molecule has 4 N–H and O–H groups in total. The van der Waals surface area contributed by atoms with Crippen LogP contribution in [0.15, 0.2) is 15.7 Å². The van der Waals surface area contributed by atoms with E-state index in [1.165, 1.54) is 6.07 Å². The molecule has 0 amide bonds. The standard InChI is InChI=1S/C14H14N8O4/c23-13-14(24)17-12-8-2-6(4-15-5-11-18-20-21-19-11)1-7(8)10(22(25)26)3-9(12)16-13/h3,6,15H,1-2,4-5H2,(H,16,23)(H,17,24)(H,18,19,20,21). The molecular weight excluding hydrogens is 344 g/mol. The molecule has 1 unspecified atom stereocenters. The Morgan fingerprint density at radius 3 is 2.73 bits per heavy atom. The molecule has 2 heterocycles. The lowest BCUT2D eigenvalue weighted by Crippen LogP contribution is -2.29. The van der Waals surface area contributed by atoms with Crippen LogP contribution in [0.1, 0.15) is 17.0 Å². The number of H-pyrrole nitrogens is 3. The zero-order valence-electron chi connectivity index (χ0n) is 13.4. The van der Waals surface area contributed by atoms with E-state index in [0.29, 0.717) is 48.4 Å². The van der Waals surface area contributed by atoms with E-state index in [9.17, 15) is 19.7 Å². The van der Waals surface area contributed by atoms with Crippen LogP contribution in [-0.4, -0.2) is 42.1 Å². The summed E-state index contributed by atoms with van der Waals surface area (Å²) in [6.45, 7) is 1.02. The molecule has 0 radical (unpaired) electrons. The summed E-state index contributed by atoms with van der Waals surface area (Å²) < 4.78 is 0. The van der Waals surface area contributed by atoms with Gasteiger partial charge in [0.05, 0.1) is 22.5 Å². The van der Waals surface area contributed by atoms with Crippen molar-refractivity contribution in [2.75, 3.05) is 6.54 Å². The summed E-state index contributed by atoms with van der Waals surface area (Å²) in [4.78, 5) is 39.1. The van der Waals surface area contributed by atoms with Crippen molar-refractivity contribution in [1.82, 2.24) is 35.9 Å². The van der Waals surface area contributed by atoms with Crippen molar-refractivity contribution < 1.29 is 4.92 Å². The first-order valence-electron chi connectivity index (χ1n) is 7.91. The van der Waals surface area contributed by atoms with Gasteiger partial charge in [-0.3, -0.25) is 19.7 Å². The van der Waals surface area contributed by atoms with E-state index in [4.69, 9.17) is 0 Å². The summed E-state index contributed by atoms with van der Waals surface area (Å²) in [6, 6.07) is 1.31. The van der Waals surface area contributed by atoms with Gasteiger partial charge in [-0.25, -0.2) is 0 Å². The maximum Gasteiger partial charge on any atom is 0.314 e. The number of nitrogens with one attached hydrogen (secondary N) is 4. The number of rotatable bonds is 5. The zero-order chi connectivity index (χ0) is 18.3. The van der Waals surface area contributed by atoms with Crippen molar-refractivity contribution in [2.24, 2.45) is 5.92 Å². The molecule has 0 saturated heterocycles. The van der Waals surface area contributed by atoms with Crippen LogP contribution in [-0.2, 0) is 19.4 Å². The first kappa shape index (κ1) is 16.1. The van der Waals surface area contributed by atoms with Gasteiger partial charge in [-0.2, -0.15) is 5.21 Å². The Morgan fingerprint density at radius 1 is 1.23 bits per heavy atom. The second-order valence-electron chi connectivity index (χ2n) is 6.17. The van der Waals surface area contributed by atoms with Gasteiger partial charge in [0.2, 0.25) is 0 Å². The highest BCUT2D eigenvalue weighted by molar-refractivity contribution is 5.83. The average Bonchev–Trinajstić information content (AvgIpc) is 3.25. The van der Waals surface area contributed by atoms with Crippen molar-refractivity contribution in [2.45, 2.75) is 19.4 Å². The van der Waals surface area contributed by atoms with E-state index in [0.717, 1.165) is 0 Å². The molecule has 0 bridgehead atoms. The number of nitro groups is 1. The fourth-order valence-corrected chi connectivity index (χ4v) is 3.41. The highest BCUT2D eigenvalue weighted by Crippen LogP contribution is 2.37. The highest BCUT2D eigenvalue weighted by atomic mass is 16.6. The van der Waals surface area contributed by atoms with Crippen molar-refractivity contribution in [3.63, 3.8) is 0 Å². The Kier molecular flexibility index (Phi) is 3.80. The number of aromatic amines is 3. The van der Waals surface area contributed by atoms with E-state index in [1.54, 1.807) is 0 Å². The quantitative estimate of drug-likeness (QED) is 0.259. The smallest absolute Gasteiger partial charge is 0.314 e. The molecule has 2 aromatic heterocycles. The number of nitro benzene ring substituents is 1. The Balaban J connectivity index is 1.65. The predicted molar refractivity (Wildman–Crippen MR) is 88.6 cm³/mol. The fourth-order valence-electron chi connectivity index (χ4n) is 3.41. The van der Waals surface area contributed by atoms with Gasteiger partial charge >= 0.3 is 11.1 Å². The van der Waals surface area contributed by atoms with Crippen LogP contribution in [0.5, 0.6) is 0 Å². The molecule has 0 fully saturated rings. The van der Waals surface area contributed by atoms with Gasteiger partial charge in [0.25, 0.3) is 5.69 Å². The summed E-state index contributed by atoms with van der Waals surface area (Å²) in [6.07, 6.45) is 1.05. The Hall–Kier alpha value is -3.41. The molecule has 1 aliphatic rings. The van der Waals surface area contributed by atoms with E-state index in [1.807, 2.05) is 0 Å². The number of nitrogens with zero attached hydrogens (tertiary/aromatic N) is 4. The summed E-state index contributed by atoms with van der Waals surface area (Å²) in [5.41, 5.74) is 0.368. The SMILES string of the molecule is O=c1[nH]c2cc([N+](=O)[O-])c3c(c2[nH]c1=O)CC(CNCc1nn[nH]n1)C3. The molecule has 3 aromatic rings. The lowest BCUT2D eigenvalue weighted by atomic mass is 10.1. The topological polar surface area (TPSA) is 175 Å². The number of benzene rings is 1. The van der Waals surface area contributed by atoms with Crippen LogP contribution in [0.2, 0.25) is 0 Å². The molecule has 12 nitrogen and oxygen atoms in total. The molecule has 0 spiro atoms. The number of fused-ring (bicyclic) bond motifs is 3. The first-order chi connectivity index (χ1) is 12.5. The van der Waals surface area contributed by atoms with E-state index in [-0.39, 0.29) is 17.1 Å². The van der Waals surface area contributed by atoms with Crippen LogP contribution < -0.4 is 16.4 Å². The Labute approximate surface area is 144 Å². The minimum Gasteiger partial charge on any atom is -0.316 e. The van der Waals surface area contributed by atoms with E-state index in [2.05, 4.69) is 35.9 Å². The Bertz CT molecular complexity index is 1100. The van der Waals surface area contributed by atoms with Gasteiger partial charge in [-0.05, 0) is 30.9 Å². The predicted octanol–water partition coefficient (Wildman–Crippen LogP) is -0.858. The molecule has 4 rings (SSSR count). The number of aromatic nitrogens is 6. The van der Waals surface area contributed by atoms with Crippen LogP contribution >= 0.6 is 0 Å². The molecule has 1 aliphatic carbocycles. The first-order valence-corrected chi connectivity index (χ1v) is 7.91. The van der Waals surface area contributed by atoms with Gasteiger partial charge in [-0.15, -0.1) is 10.2 Å². The normalized spacial score (nSPS) is 16.1. The van der Waals surface area contributed by atoms with Gasteiger partial charge in [0.15, 0.2) is 5.82 Å². The van der Waals surface area contributed by atoms with Crippen molar-refractivity contribution in [3.05, 3.63) is 53.8 Å². The number of hydrogen-bond donors (Lipinski definition) is 4. The second kappa shape index (κ2) is 6.15. The molecule has 1 aromatic carbocycles. The maximum atomic E-state index is 11.7. The van der Waals surface area contributed by atoms with Crippen molar-refractivity contribution >= 4 is 16.7 Å². The lowest BCUT2D eigenvalue weighted by Gasteiger charge is -2.08. The van der Waals surface area contributed by atoms with Gasteiger partial charge in [-0.1, -0.05) is 5.21 Å². The summed E-state index contributed by atoms with van der Waals surface area (Å²) in [5, 5.41) is 28.2. The van der Waals surface area contributed by atoms with Crippen LogP contribution in [0.4, 0.5) is 5.69 Å². The molecule has 12 heteroatoms. The van der Waals surface area contributed by atoms with E-state index < -0.39 is 16.0 Å².